The van der Waals surface area contributed by atoms with E-state index in [0.29, 0.717) is 0 Å². The zero-order chi connectivity index (χ0) is 16.7. The smallest absolute Gasteiger partial charge is 0.230 e. The number of aliphatic imine (C=N–C) groups is 1. The van der Waals surface area contributed by atoms with Gasteiger partial charge in [-0.2, -0.15) is 0 Å². The Bertz CT molecular complexity index is 1070. The minimum Gasteiger partial charge on any atom is -0.361 e. The summed E-state index contributed by atoms with van der Waals surface area (Å²) in [5, 5.41) is 1.17. The first-order valence-corrected chi connectivity index (χ1v) is 8.25. The third-order valence-electron chi connectivity index (χ3n) is 4.60. The number of H-pyrrole nitrogens is 1. The molecule has 0 spiro atoms. The van der Waals surface area contributed by atoms with Gasteiger partial charge in [-0.3, -0.25) is 0 Å². The molecule has 24 heavy (non-hydrogen) atoms. The molecule has 0 saturated heterocycles. The standard InChI is InChI=1S/C20H20N4/c1-4-24-19-10-14(3)13(2)9-18(19)23-20(24)22-12-15-11-21-17-8-6-5-7-16(15)17/h5-12,21H,4H2,1-3H3. The number of fused-ring (bicyclic) bond motifs is 2. The number of nitrogens with one attached hydrogen (secondary N) is 1. The van der Waals surface area contributed by atoms with Gasteiger partial charge in [-0.25, -0.2) is 9.98 Å². The molecule has 0 aliphatic rings. The Labute approximate surface area is 140 Å². The van der Waals surface area contributed by atoms with Gasteiger partial charge in [0.15, 0.2) is 0 Å². The van der Waals surface area contributed by atoms with E-state index in [4.69, 9.17) is 4.98 Å². The predicted molar refractivity (Wildman–Crippen MR) is 100 cm³/mol. The number of aromatic amines is 1. The molecule has 120 valence electrons. The average molecular weight is 316 g/mol. The second kappa shape index (κ2) is 5.64. The molecule has 2 aromatic heterocycles. The molecule has 2 aromatic carbocycles. The maximum absolute atomic E-state index is 4.72. The van der Waals surface area contributed by atoms with Crippen LogP contribution in [0.1, 0.15) is 23.6 Å². The highest BCUT2D eigenvalue weighted by molar-refractivity contribution is 5.99. The van der Waals surface area contributed by atoms with Gasteiger partial charge in [-0.1, -0.05) is 18.2 Å². The van der Waals surface area contributed by atoms with Gasteiger partial charge in [0.2, 0.25) is 5.95 Å². The van der Waals surface area contributed by atoms with Gasteiger partial charge in [0.25, 0.3) is 0 Å². The minimum atomic E-state index is 0.753. The second-order valence-electron chi connectivity index (χ2n) is 6.13. The summed E-state index contributed by atoms with van der Waals surface area (Å²) in [6, 6.07) is 12.6. The van der Waals surface area contributed by atoms with Gasteiger partial charge < -0.3 is 9.55 Å². The molecule has 0 unspecified atom stereocenters. The molecule has 0 aliphatic carbocycles. The van der Waals surface area contributed by atoms with E-state index in [1.807, 2.05) is 24.5 Å². The van der Waals surface area contributed by atoms with Crippen molar-refractivity contribution in [2.75, 3.05) is 0 Å². The lowest BCUT2D eigenvalue weighted by Gasteiger charge is -2.04. The summed E-state index contributed by atoms with van der Waals surface area (Å²) in [6.07, 6.45) is 3.88. The van der Waals surface area contributed by atoms with Crippen LogP contribution in [0.2, 0.25) is 0 Å². The topological polar surface area (TPSA) is 46.0 Å². The van der Waals surface area contributed by atoms with E-state index in [2.05, 4.69) is 59.6 Å². The van der Waals surface area contributed by atoms with Crippen molar-refractivity contribution in [1.29, 1.82) is 0 Å². The number of rotatable bonds is 3. The highest BCUT2D eigenvalue weighted by atomic mass is 15.2. The molecule has 4 aromatic rings. The molecule has 4 nitrogen and oxygen atoms in total. The molecule has 0 amide bonds. The molecule has 0 radical (unpaired) electrons. The first kappa shape index (κ1) is 14.7. The lowest BCUT2D eigenvalue weighted by atomic mass is 10.1. The fraction of sp³-hybridized carbons (Fsp3) is 0.200. The van der Waals surface area contributed by atoms with E-state index in [9.17, 15) is 0 Å². The summed E-state index contributed by atoms with van der Waals surface area (Å²) < 4.78 is 2.16. The Hall–Kier alpha value is -2.88. The molecule has 0 aliphatic heterocycles. The van der Waals surface area contributed by atoms with Gasteiger partial charge in [-0.15, -0.1) is 0 Å². The molecule has 0 atom stereocenters. The van der Waals surface area contributed by atoms with Gasteiger partial charge >= 0.3 is 0 Å². The Morgan fingerprint density at radius 1 is 1.17 bits per heavy atom. The Morgan fingerprint density at radius 3 is 2.79 bits per heavy atom. The van der Waals surface area contributed by atoms with Crippen LogP contribution in [0.5, 0.6) is 0 Å². The van der Waals surface area contributed by atoms with Crippen LogP contribution >= 0.6 is 0 Å². The van der Waals surface area contributed by atoms with Crippen molar-refractivity contribution in [3.8, 4) is 0 Å². The van der Waals surface area contributed by atoms with E-state index in [1.54, 1.807) is 0 Å². The number of aromatic nitrogens is 3. The number of nitrogens with zero attached hydrogens (tertiary/aromatic N) is 3. The van der Waals surface area contributed by atoms with Gasteiger partial charge in [0.1, 0.15) is 0 Å². The lowest BCUT2D eigenvalue weighted by Crippen LogP contribution is -1.94. The molecular formula is C20H20N4. The summed E-state index contributed by atoms with van der Waals surface area (Å²) in [6.45, 7) is 7.23. The van der Waals surface area contributed by atoms with Crippen molar-refractivity contribution in [1.82, 2.24) is 14.5 Å². The maximum Gasteiger partial charge on any atom is 0.230 e. The fourth-order valence-electron chi connectivity index (χ4n) is 3.11. The lowest BCUT2D eigenvalue weighted by molar-refractivity contribution is 0.790. The van der Waals surface area contributed by atoms with Crippen molar-refractivity contribution in [2.24, 2.45) is 4.99 Å². The Morgan fingerprint density at radius 2 is 1.96 bits per heavy atom. The van der Waals surface area contributed by atoms with Crippen LogP contribution in [0.25, 0.3) is 21.9 Å². The molecule has 4 heteroatoms. The van der Waals surface area contributed by atoms with Gasteiger partial charge in [-0.05, 0) is 50.1 Å². The van der Waals surface area contributed by atoms with Crippen molar-refractivity contribution >= 4 is 34.1 Å². The fourth-order valence-corrected chi connectivity index (χ4v) is 3.11. The highest BCUT2D eigenvalue weighted by Crippen LogP contribution is 2.25. The number of imidazole rings is 1. The van der Waals surface area contributed by atoms with Crippen LogP contribution in [0.3, 0.4) is 0 Å². The molecule has 0 fully saturated rings. The summed E-state index contributed by atoms with van der Waals surface area (Å²) in [5.74, 6) is 0.753. The van der Waals surface area contributed by atoms with E-state index in [0.717, 1.165) is 34.6 Å². The van der Waals surface area contributed by atoms with Crippen LogP contribution in [0, 0.1) is 13.8 Å². The van der Waals surface area contributed by atoms with Crippen molar-refractivity contribution in [3.05, 3.63) is 59.3 Å². The third kappa shape index (κ3) is 2.31. The number of benzene rings is 2. The van der Waals surface area contributed by atoms with Crippen molar-refractivity contribution in [2.45, 2.75) is 27.3 Å². The van der Waals surface area contributed by atoms with Crippen molar-refractivity contribution < 1.29 is 0 Å². The molecule has 4 rings (SSSR count). The van der Waals surface area contributed by atoms with Gasteiger partial charge in [0, 0.05) is 35.4 Å². The SMILES string of the molecule is CCn1c(N=Cc2c[nH]c3ccccc23)nc2cc(C)c(C)cc21. The van der Waals surface area contributed by atoms with Crippen LogP contribution in [-0.4, -0.2) is 20.7 Å². The van der Waals surface area contributed by atoms with Crippen LogP contribution in [0.15, 0.2) is 47.6 Å². The molecule has 0 saturated carbocycles. The zero-order valence-electron chi connectivity index (χ0n) is 14.2. The Balaban J connectivity index is 1.81. The maximum atomic E-state index is 4.72. The average Bonchev–Trinajstić information content (AvgIpc) is 3.14. The first-order chi connectivity index (χ1) is 11.7. The van der Waals surface area contributed by atoms with Crippen LogP contribution in [0.4, 0.5) is 5.95 Å². The van der Waals surface area contributed by atoms with Crippen molar-refractivity contribution in [3.63, 3.8) is 0 Å². The molecule has 1 N–H and O–H groups in total. The van der Waals surface area contributed by atoms with Crippen LogP contribution < -0.4 is 0 Å². The number of aryl methyl sites for hydroxylation is 3. The number of hydrogen-bond acceptors (Lipinski definition) is 2. The number of para-hydroxylation sites is 1. The zero-order valence-corrected chi connectivity index (χ0v) is 14.2. The van der Waals surface area contributed by atoms with Crippen LogP contribution in [-0.2, 0) is 6.54 Å². The second-order valence-corrected chi connectivity index (χ2v) is 6.13. The third-order valence-corrected chi connectivity index (χ3v) is 4.60. The molecular weight excluding hydrogens is 296 g/mol. The van der Waals surface area contributed by atoms with E-state index >= 15 is 0 Å². The monoisotopic (exact) mass is 316 g/mol. The molecule has 0 bridgehead atoms. The highest BCUT2D eigenvalue weighted by Gasteiger charge is 2.10. The molecule has 2 heterocycles. The van der Waals surface area contributed by atoms with E-state index in [1.165, 1.54) is 16.5 Å². The van der Waals surface area contributed by atoms with E-state index < -0.39 is 0 Å². The minimum absolute atomic E-state index is 0.753. The normalized spacial score (nSPS) is 12.0. The summed E-state index contributed by atoms with van der Waals surface area (Å²) in [5.41, 5.74) is 6.89. The Kier molecular flexibility index (Phi) is 3.45. The largest absolute Gasteiger partial charge is 0.361 e. The predicted octanol–water partition coefficient (Wildman–Crippen LogP) is 4.90. The number of hydrogen-bond donors (Lipinski definition) is 1. The summed E-state index contributed by atoms with van der Waals surface area (Å²) >= 11 is 0. The van der Waals surface area contributed by atoms with E-state index in [-0.39, 0.29) is 0 Å². The van der Waals surface area contributed by atoms with Gasteiger partial charge in [0.05, 0.1) is 11.0 Å². The summed E-state index contributed by atoms with van der Waals surface area (Å²) in [7, 11) is 0. The quantitative estimate of drug-likeness (QED) is 0.537. The first-order valence-electron chi connectivity index (χ1n) is 8.25. The summed E-state index contributed by atoms with van der Waals surface area (Å²) in [4.78, 5) is 12.7.